The first kappa shape index (κ1) is 26.9. The molecule has 3 rings (SSSR count). The number of ether oxygens (including phenoxy) is 2. The molecular formula is C26H48NO5+. The molecular weight excluding hydrogens is 406 g/mol. The van der Waals surface area contributed by atoms with Crippen LogP contribution in [-0.2, 0) is 14.3 Å². The highest BCUT2D eigenvalue weighted by molar-refractivity contribution is 5.68. The van der Waals surface area contributed by atoms with Crippen molar-refractivity contribution >= 4 is 12.1 Å². The van der Waals surface area contributed by atoms with Crippen molar-refractivity contribution in [1.82, 2.24) is 0 Å². The SMILES string of the molecule is CCCCCCCCCCCCCCOC(=O)OC(CC(=O)O)C[N+]12CCC(CC1)CC2. The molecule has 0 amide bonds. The first-order valence-corrected chi connectivity index (χ1v) is 13.4. The average Bonchev–Trinajstić information content (AvgIpc) is 2.77. The number of carbonyl (C=O) groups is 2. The summed E-state index contributed by atoms with van der Waals surface area (Å²) in [5, 5.41) is 9.25. The number of carboxylic acids is 1. The Morgan fingerprint density at radius 1 is 0.844 bits per heavy atom. The van der Waals surface area contributed by atoms with Crippen molar-refractivity contribution in [3.05, 3.63) is 0 Å². The molecule has 1 atom stereocenters. The van der Waals surface area contributed by atoms with Gasteiger partial charge in [-0.1, -0.05) is 77.6 Å². The number of carbonyl (C=O) groups excluding carboxylic acids is 1. The van der Waals surface area contributed by atoms with Gasteiger partial charge in [0.1, 0.15) is 6.54 Å². The molecule has 0 saturated carbocycles. The van der Waals surface area contributed by atoms with Crippen molar-refractivity contribution in [3.63, 3.8) is 0 Å². The Morgan fingerprint density at radius 3 is 1.84 bits per heavy atom. The largest absolute Gasteiger partial charge is 0.508 e. The van der Waals surface area contributed by atoms with Crippen LogP contribution in [0.5, 0.6) is 0 Å². The summed E-state index contributed by atoms with van der Waals surface area (Å²) < 4.78 is 11.6. The summed E-state index contributed by atoms with van der Waals surface area (Å²) in [6, 6.07) is 0. The maximum atomic E-state index is 12.1. The molecule has 32 heavy (non-hydrogen) atoms. The van der Waals surface area contributed by atoms with Gasteiger partial charge in [0.15, 0.2) is 6.10 Å². The third-order valence-electron chi connectivity index (χ3n) is 7.51. The Balaban J connectivity index is 1.50. The number of aliphatic carboxylic acids is 1. The average molecular weight is 455 g/mol. The normalized spacial score (nSPS) is 23.1. The fraction of sp³-hybridized carbons (Fsp3) is 0.923. The fourth-order valence-corrected chi connectivity index (χ4v) is 5.45. The zero-order chi connectivity index (χ0) is 23.1. The summed E-state index contributed by atoms with van der Waals surface area (Å²) in [5.74, 6) is -0.0804. The fourth-order valence-electron chi connectivity index (χ4n) is 5.45. The van der Waals surface area contributed by atoms with Crippen LogP contribution in [-0.4, -0.2) is 60.6 Å². The minimum Gasteiger partial charge on any atom is -0.481 e. The predicted octanol–water partition coefficient (Wildman–Crippen LogP) is 6.31. The molecule has 6 heteroatoms. The minimum atomic E-state index is -0.922. The maximum Gasteiger partial charge on any atom is 0.508 e. The molecule has 0 radical (unpaired) electrons. The Labute approximate surface area is 195 Å². The van der Waals surface area contributed by atoms with Crippen LogP contribution in [0.4, 0.5) is 4.79 Å². The summed E-state index contributed by atoms with van der Waals surface area (Å²) in [6.07, 6.45) is 17.3. The number of rotatable bonds is 18. The van der Waals surface area contributed by atoms with Crippen LogP contribution in [0.2, 0.25) is 0 Å². The van der Waals surface area contributed by atoms with E-state index in [0.717, 1.165) is 42.9 Å². The Morgan fingerprint density at radius 2 is 1.34 bits per heavy atom. The van der Waals surface area contributed by atoms with Gasteiger partial charge in [0.05, 0.1) is 32.7 Å². The molecule has 0 aliphatic carbocycles. The molecule has 6 nitrogen and oxygen atoms in total. The summed E-state index contributed by atoms with van der Waals surface area (Å²) in [5.41, 5.74) is 0. The van der Waals surface area contributed by atoms with E-state index >= 15 is 0 Å². The van der Waals surface area contributed by atoms with Crippen LogP contribution >= 0.6 is 0 Å². The number of unbranched alkanes of at least 4 members (excludes halogenated alkanes) is 11. The second-order valence-corrected chi connectivity index (χ2v) is 10.3. The topological polar surface area (TPSA) is 72.8 Å². The molecule has 1 N–H and O–H groups in total. The smallest absolute Gasteiger partial charge is 0.481 e. The molecule has 0 aromatic heterocycles. The van der Waals surface area contributed by atoms with E-state index < -0.39 is 18.2 Å². The monoisotopic (exact) mass is 454 g/mol. The van der Waals surface area contributed by atoms with E-state index in [1.165, 1.54) is 83.5 Å². The quantitative estimate of drug-likeness (QED) is 0.149. The lowest BCUT2D eigenvalue weighted by Crippen LogP contribution is -2.61. The molecule has 186 valence electrons. The second-order valence-electron chi connectivity index (χ2n) is 10.3. The van der Waals surface area contributed by atoms with E-state index in [-0.39, 0.29) is 6.42 Å². The van der Waals surface area contributed by atoms with E-state index in [1.54, 1.807) is 0 Å². The summed E-state index contributed by atoms with van der Waals surface area (Å²) >= 11 is 0. The first-order valence-electron chi connectivity index (χ1n) is 13.4. The van der Waals surface area contributed by atoms with Gasteiger partial charge < -0.3 is 19.1 Å². The Hall–Kier alpha value is -1.30. The van der Waals surface area contributed by atoms with E-state index in [2.05, 4.69) is 6.92 Å². The van der Waals surface area contributed by atoms with E-state index in [4.69, 9.17) is 9.47 Å². The van der Waals surface area contributed by atoms with Crippen LogP contribution < -0.4 is 0 Å². The summed E-state index contributed by atoms with van der Waals surface area (Å²) in [6.45, 7) is 6.46. The van der Waals surface area contributed by atoms with Gasteiger partial charge in [-0.2, -0.15) is 0 Å². The van der Waals surface area contributed by atoms with Crippen LogP contribution in [0.3, 0.4) is 0 Å². The van der Waals surface area contributed by atoms with Gasteiger partial charge in [-0.25, -0.2) is 4.79 Å². The highest BCUT2D eigenvalue weighted by atomic mass is 16.7. The lowest BCUT2D eigenvalue weighted by molar-refractivity contribution is -0.945. The number of quaternary nitrogens is 1. The van der Waals surface area contributed by atoms with E-state index in [1.807, 2.05) is 0 Å². The van der Waals surface area contributed by atoms with Crippen molar-refractivity contribution in [1.29, 1.82) is 0 Å². The van der Waals surface area contributed by atoms with Gasteiger partial charge in [0.25, 0.3) is 0 Å². The van der Waals surface area contributed by atoms with E-state index in [0.29, 0.717) is 13.2 Å². The number of nitrogens with zero attached hydrogens (tertiary/aromatic N) is 1. The molecule has 3 aliphatic heterocycles. The molecule has 3 fully saturated rings. The van der Waals surface area contributed by atoms with Crippen LogP contribution in [0.15, 0.2) is 0 Å². The molecule has 0 aromatic carbocycles. The maximum absolute atomic E-state index is 12.1. The summed E-state index contributed by atoms with van der Waals surface area (Å²) in [4.78, 5) is 23.4. The third-order valence-corrected chi connectivity index (χ3v) is 7.51. The van der Waals surface area contributed by atoms with Crippen LogP contribution in [0.1, 0.15) is 110 Å². The number of carboxylic acid groups (broad SMARTS) is 1. The van der Waals surface area contributed by atoms with Crippen molar-refractivity contribution < 1.29 is 28.7 Å². The Kier molecular flexibility index (Phi) is 13.1. The minimum absolute atomic E-state index is 0.142. The lowest BCUT2D eigenvalue weighted by atomic mass is 9.85. The molecule has 1 unspecified atom stereocenters. The van der Waals surface area contributed by atoms with Gasteiger partial charge in [0, 0.05) is 0 Å². The second kappa shape index (κ2) is 15.5. The number of hydrogen-bond acceptors (Lipinski definition) is 4. The number of piperidine rings is 3. The molecule has 0 aromatic rings. The van der Waals surface area contributed by atoms with Gasteiger partial charge in [-0.05, 0) is 31.6 Å². The van der Waals surface area contributed by atoms with Gasteiger partial charge in [-0.3, -0.25) is 4.79 Å². The first-order chi connectivity index (χ1) is 15.5. The Bertz CT molecular complexity index is 517. The number of hydrogen-bond donors (Lipinski definition) is 1. The molecule has 3 aliphatic rings. The van der Waals surface area contributed by atoms with Crippen LogP contribution in [0.25, 0.3) is 0 Å². The van der Waals surface area contributed by atoms with Gasteiger partial charge >= 0.3 is 12.1 Å². The number of fused-ring (bicyclic) bond motifs is 3. The predicted molar refractivity (Wildman–Crippen MR) is 127 cm³/mol. The molecule has 2 bridgehead atoms. The van der Waals surface area contributed by atoms with Gasteiger partial charge in [0.2, 0.25) is 0 Å². The highest BCUT2D eigenvalue weighted by Gasteiger charge is 2.42. The van der Waals surface area contributed by atoms with Crippen molar-refractivity contribution in [3.8, 4) is 0 Å². The van der Waals surface area contributed by atoms with Crippen molar-refractivity contribution in [2.24, 2.45) is 5.92 Å². The van der Waals surface area contributed by atoms with Crippen molar-refractivity contribution in [2.45, 2.75) is 116 Å². The molecule has 3 heterocycles. The lowest BCUT2D eigenvalue weighted by Gasteiger charge is -2.50. The third kappa shape index (κ3) is 11.0. The van der Waals surface area contributed by atoms with Crippen LogP contribution in [0, 0.1) is 5.92 Å². The zero-order valence-corrected chi connectivity index (χ0v) is 20.5. The standard InChI is InChI=1S/C26H47NO5/c1-2-3-4-5-6-7-8-9-10-11-12-13-20-31-26(30)32-24(21-25(28)29)22-27-17-14-23(15-18-27)16-19-27/h23-24H,2-22H2,1H3/p+1. The highest BCUT2D eigenvalue weighted by Crippen LogP contribution is 2.34. The molecule has 3 saturated heterocycles. The van der Waals surface area contributed by atoms with Crippen molar-refractivity contribution in [2.75, 3.05) is 32.8 Å². The zero-order valence-electron chi connectivity index (χ0n) is 20.5. The summed E-state index contributed by atoms with van der Waals surface area (Å²) in [7, 11) is 0. The molecule has 0 spiro atoms. The van der Waals surface area contributed by atoms with Gasteiger partial charge in [-0.15, -0.1) is 0 Å². The van der Waals surface area contributed by atoms with E-state index in [9.17, 15) is 14.7 Å².